The van der Waals surface area contributed by atoms with Gasteiger partial charge in [0.25, 0.3) is 5.91 Å². The predicted octanol–water partition coefficient (Wildman–Crippen LogP) is 3.16. The van der Waals surface area contributed by atoms with Gasteiger partial charge in [0, 0.05) is 0 Å². The molecule has 2 N–H and O–H groups in total. The van der Waals surface area contributed by atoms with E-state index >= 15 is 0 Å². The van der Waals surface area contributed by atoms with Crippen LogP contribution in [0.15, 0.2) is 18.2 Å². The first-order valence-electron chi connectivity index (χ1n) is 7.93. The van der Waals surface area contributed by atoms with Gasteiger partial charge < -0.3 is 10.6 Å². The third-order valence-electron chi connectivity index (χ3n) is 4.57. The van der Waals surface area contributed by atoms with Crippen molar-refractivity contribution in [1.82, 2.24) is 10.2 Å². The second-order valence-corrected chi connectivity index (χ2v) is 6.76. The highest BCUT2D eigenvalue weighted by molar-refractivity contribution is 6.33. The fraction of sp³-hybridized carbons (Fsp3) is 0.438. The number of rotatable bonds is 3. The zero-order chi connectivity index (χ0) is 19.1. The number of nitrogens with zero attached hydrogens (tertiary/aromatic N) is 1. The summed E-state index contributed by atoms with van der Waals surface area (Å²) < 4.78 is 38.3. The van der Waals surface area contributed by atoms with Crippen molar-refractivity contribution in [3.05, 3.63) is 28.8 Å². The highest BCUT2D eigenvalue weighted by Gasteiger charge is 2.52. The van der Waals surface area contributed by atoms with Crippen molar-refractivity contribution in [1.29, 1.82) is 0 Å². The fourth-order valence-electron chi connectivity index (χ4n) is 3.27. The van der Waals surface area contributed by atoms with Gasteiger partial charge in [-0.3, -0.25) is 14.5 Å². The molecule has 0 aromatic heterocycles. The van der Waals surface area contributed by atoms with Crippen molar-refractivity contribution in [2.45, 2.75) is 37.4 Å². The van der Waals surface area contributed by atoms with Gasteiger partial charge in [0.2, 0.25) is 5.91 Å². The number of nitrogens with one attached hydrogen (secondary N) is 2. The first-order valence-corrected chi connectivity index (χ1v) is 8.31. The minimum absolute atomic E-state index is 0.0872. The first-order chi connectivity index (χ1) is 12.1. The predicted molar refractivity (Wildman–Crippen MR) is 86.5 cm³/mol. The molecule has 0 unspecified atom stereocenters. The molecule has 1 aliphatic carbocycles. The van der Waals surface area contributed by atoms with Crippen molar-refractivity contribution >= 4 is 35.1 Å². The van der Waals surface area contributed by atoms with E-state index in [1.165, 1.54) is 0 Å². The number of anilines is 1. The lowest BCUT2D eigenvalue weighted by molar-refractivity contribution is -0.137. The van der Waals surface area contributed by atoms with E-state index in [0.717, 1.165) is 29.9 Å². The van der Waals surface area contributed by atoms with Gasteiger partial charge in [-0.05, 0) is 31.0 Å². The quantitative estimate of drug-likeness (QED) is 0.779. The van der Waals surface area contributed by atoms with Crippen LogP contribution in [0.5, 0.6) is 0 Å². The van der Waals surface area contributed by atoms with E-state index in [1.807, 2.05) is 0 Å². The van der Waals surface area contributed by atoms with Gasteiger partial charge in [0.05, 0.1) is 16.3 Å². The Labute approximate surface area is 151 Å². The van der Waals surface area contributed by atoms with Crippen LogP contribution in [0.3, 0.4) is 0 Å². The van der Waals surface area contributed by atoms with Crippen molar-refractivity contribution in [3.63, 3.8) is 0 Å². The number of carbonyl (C=O) groups is 3. The summed E-state index contributed by atoms with van der Waals surface area (Å²) in [4.78, 5) is 37.4. The van der Waals surface area contributed by atoms with Crippen molar-refractivity contribution in [2.24, 2.45) is 0 Å². The van der Waals surface area contributed by atoms with Crippen LogP contribution in [0.4, 0.5) is 23.7 Å². The number of benzene rings is 1. The summed E-state index contributed by atoms with van der Waals surface area (Å²) in [5.74, 6) is -1.30. The Bertz CT molecular complexity index is 776. The molecule has 10 heteroatoms. The number of imide groups is 1. The maximum atomic E-state index is 12.8. The summed E-state index contributed by atoms with van der Waals surface area (Å²) in [5.41, 5.74) is -2.17. The van der Waals surface area contributed by atoms with Gasteiger partial charge in [-0.15, -0.1) is 0 Å². The molecule has 0 atom stereocenters. The van der Waals surface area contributed by atoms with Crippen LogP contribution in [0.2, 0.25) is 5.02 Å². The Balaban J connectivity index is 1.72. The smallest absolute Gasteiger partial charge is 0.323 e. The molecule has 140 valence electrons. The standard InChI is InChI=1S/C16H15ClF3N3O3/c17-10-4-3-9(16(18,19)20)7-11(10)21-12(24)8-23-13(25)15(22-14(23)26)5-1-2-6-15/h3-4,7H,1-2,5-6,8H2,(H,21,24)(H,22,26). The van der Waals surface area contributed by atoms with E-state index < -0.39 is 41.7 Å². The van der Waals surface area contributed by atoms with E-state index in [9.17, 15) is 27.6 Å². The molecule has 3 rings (SSSR count). The molecule has 4 amide bonds. The second-order valence-electron chi connectivity index (χ2n) is 6.35. The average molecular weight is 390 g/mol. The summed E-state index contributed by atoms with van der Waals surface area (Å²) in [5, 5.41) is 4.76. The Kier molecular flexibility index (Phi) is 4.60. The Hall–Kier alpha value is -2.29. The molecule has 6 nitrogen and oxygen atoms in total. The minimum atomic E-state index is -4.59. The Morgan fingerprint density at radius 2 is 1.92 bits per heavy atom. The van der Waals surface area contributed by atoms with E-state index in [-0.39, 0.29) is 10.7 Å². The topological polar surface area (TPSA) is 78.5 Å². The largest absolute Gasteiger partial charge is 0.416 e. The monoisotopic (exact) mass is 389 g/mol. The van der Waals surface area contributed by atoms with Gasteiger partial charge >= 0.3 is 12.2 Å². The molecule has 1 aliphatic heterocycles. The van der Waals surface area contributed by atoms with Gasteiger partial charge in [-0.1, -0.05) is 24.4 Å². The number of halogens is 4. The molecule has 1 heterocycles. The number of carbonyl (C=O) groups excluding carboxylic acids is 3. The number of alkyl halides is 3. The molecule has 2 aliphatic rings. The van der Waals surface area contributed by atoms with Gasteiger partial charge in [0.1, 0.15) is 12.1 Å². The highest BCUT2D eigenvalue weighted by Crippen LogP contribution is 2.36. The maximum absolute atomic E-state index is 12.8. The minimum Gasteiger partial charge on any atom is -0.323 e. The van der Waals surface area contributed by atoms with Gasteiger partial charge in [0.15, 0.2) is 0 Å². The lowest BCUT2D eigenvalue weighted by Gasteiger charge is -2.20. The Morgan fingerprint density at radius 3 is 2.54 bits per heavy atom. The van der Waals surface area contributed by atoms with Crippen LogP contribution in [-0.2, 0) is 15.8 Å². The molecule has 1 aromatic rings. The van der Waals surface area contributed by atoms with Crippen LogP contribution < -0.4 is 10.6 Å². The average Bonchev–Trinajstić information content (AvgIpc) is 3.10. The van der Waals surface area contributed by atoms with E-state index in [0.29, 0.717) is 18.9 Å². The van der Waals surface area contributed by atoms with Crippen molar-refractivity contribution in [2.75, 3.05) is 11.9 Å². The molecule has 1 aromatic carbocycles. The molecule has 1 saturated heterocycles. The molecular formula is C16H15ClF3N3O3. The first kappa shape index (κ1) is 18.5. The molecule has 1 saturated carbocycles. The van der Waals surface area contributed by atoms with E-state index in [1.54, 1.807) is 0 Å². The van der Waals surface area contributed by atoms with Crippen molar-refractivity contribution < 1.29 is 27.6 Å². The summed E-state index contributed by atoms with van der Waals surface area (Å²) in [6, 6.07) is 1.83. The summed E-state index contributed by atoms with van der Waals surface area (Å²) >= 11 is 5.82. The van der Waals surface area contributed by atoms with Crippen LogP contribution >= 0.6 is 11.6 Å². The molecule has 0 radical (unpaired) electrons. The number of urea groups is 1. The number of hydrogen-bond acceptors (Lipinski definition) is 3. The third-order valence-corrected chi connectivity index (χ3v) is 4.90. The molecule has 26 heavy (non-hydrogen) atoms. The number of hydrogen-bond donors (Lipinski definition) is 2. The zero-order valence-corrected chi connectivity index (χ0v) is 14.2. The third kappa shape index (κ3) is 3.35. The zero-order valence-electron chi connectivity index (χ0n) is 13.5. The lowest BCUT2D eigenvalue weighted by Crippen LogP contribution is -2.44. The molecule has 1 spiro atoms. The fourth-order valence-corrected chi connectivity index (χ4v) is 3.43. The Morgan fingerprint density at radius 1 is 1.27 bits per heavy atom. The summed E-state index contributed by atoms with van der Waals surface area (Å²) in [6.07, 6.45) is -1.98. The van der Waals surface area contributed by atoms with Crippen LogP contribution in [-0.4, -0.2) is 34.8 Å². The molecule has 0 bridgehead atoms. The SMILES string of the molecule is O=C(CN1C(=O)NC2(CCCC2)C1=O)Nc1cc(C(F)(F)F)ccc1Cl. The molecular weight excluding hydrogens is 375 g/mol. The normalized spacial score (nSPS) is 19.2. The van der Waals surface area contributed by atoms with E-state index in [2.05, 4.69) is 10.6 Å². The number of amides is 4. The second kappa shape index (κ2) is 6.46. The maximum Gasteiger partial charge on any atom is 0.416 e. The van der Waals surface area contributed by atoms with Crippen LogP contribution in [0.1, 0.15) is 31.2 Å². The van der Waals surface area contributed by atoms with Gasteiger partial charge in [-0.2, -0.15) is 13.2 Å². The lowest BCUT2D eigenvalue weighted by atomic mass is 9.98. The summed E-state index contributed by atoms with van der Waals surface area (Å²) in [7, 11) is 0. The van der Waals surface area contributed by atoms with Crippen LogP contribution in [0.25, 0.3) is 0 Å². The molecule has 2 fully saturated rings. The van der Waals surface area contributed by atoms with E-state index in [4.69, 9.17) is 11.6 Å². The van der Waals surface area contributed by atoms with Gasteiger partial charge in [-0.25, -0.2) is 4.79 Å². The highest BCUT2D eigenvalue weighted by atomic mass is 35.5. The van der Waals surface area contributed by atoms with Crippen molar-refractivity contribution in [3.8, 4) is 0 Å². The summed E-state index contributed by atoms with van der Waals surface area (Å²) in [6.45, 7) is -0.598. The van der Waals surface area contributed by atoms with Crippen LogP contribution in [0, 0.1) is 0 Å².